The Kier molecular flexibility index (Phi) is 11.0. The molecule has 1 saturated carbocycles. The number of hydrogen-bond acceptors (Lipinski definition) is 4. The fraction of sp³-hybridized carbons (Fsp3) is 0.700. The summed E-state index contributed by atoms with van der Waals surface area (Å²) >= 11 is 0. The molecule has 0 heterocycles. The van der Waals surface area contributed by atoms with E-state index in [0.29, 0.717) is 6.42 Å². The summed E-state index contributed by atoms with van der Waals surface area (Å²) in [4.78, 5) is 42.6. The van der Waals surface area contributed by atoms with Crippen LogP contribution in [0.15, 0.2) is 18.2 Å². The highest BCUT2D eigenvalue weighted by Gasteiger charge is 2.40. The number of ether oxygens (including phenoxy) is 1. The van der Waals surface area contributed by atoms with E-state index in [9.17, 15) is 14.4 Å². The van der Waals surface area contributed by atoms with Gasteiger partial charge >= 0.3 is 6.09 Å². The highest BCUT2D eigenvalue weighted by molar-refractivity contribution is 5.92. The molecule has 3 amide bonds. The molecule has 3 atom stereocenters. The van der Waals surface area contributed by atoms with Gasteiger partial charge in [0.15, 0.2) is 0 Å². The monoisotopic (exact) mass is 515 g/mol. The summed E-state index contributed by atoms with van der Waals surface area (Å²) in [5, 5.41) is 6.08. The Morgan fingerprint density at radius 1 is 1.00 bits per heavy atom. The summed E-state index contributed by atoms with van der Waals surface area (Å²) in [5.41, 5.74) is 2.17. The summed E-state index contributed by atoms with van der Waals surface area (Å²) in [5.74, 6) is -0.597. The lowest BCUT2D eigenvalue weighted by atomic mass is 9.92. The Labute approximate surface area is 224 Å². The first-order chi connectivity index (χ1) is 17.2. The van der Waals surface area contributed by atoms with Crippen LogP contribution in [0.2, 0.25) is 0 Å². The number of rotatable bonds is 9. The average Bonchev–Trinajstić information content (AvgIpc) is 2.78. The molecular weight excluding hydrogens is 466 g/mol. The van der Waals surface area contributed by atoms with Crippen LogP contribution in [0.5, 0.6) is 0 Å². The Balaban J connectivity index is 2.50. The number of nitrogens with one attached hydrogen (secondary N) is 2. The fourth-order valence-electron chi connectivity index (χ4n) is 5.09. The summed E-state index contributed by atoms with van der Waals surface area (Å²) in [6, 6.07) is 4.25. The molecule has 0 aliphatic heterocycles. The van der Waals surface area contributed by atoms with Gasteiger partial charge in [0.05, 0.1) is 0 Å². The van der Waals surface area contributed by atoms with Crippen molar-refractivity contribution in [2.45, 2.75) is 131 Å². The Morgan fingerprint density at radius 3 is 2.05 bits per heavy atom. The molecule has 1 aromatic carbocycles. The Hall–Kier alpha value is -2.57. The largest absolute Gasteiger partial charge is 0.444 e. The lowest BCUT2D eigenvalue weighted by Crippen LogP contribution is -2.57. The lowest BCUT2D eigenvalue weighted by Gasteiger charge is -2.39. The minimum absolute atomic E-state index is 0.115. The second-order valence-corrected chi connectivity index (χ2v) is 12.0. The van der Waals surface area contributed by atoms with Gasteiger partial charge < -0.3 is 20.3 Å². The second-order valence-electron chi connectivity index (χ2n) is 12.0. The van der Waals surface area contributed by atoms with Crippen molar-refractivity contribution in [1.29, 1.82) is 0 Å². The predicted molar refractivity (Wildman–Crippen MR) is 148 cm³/mol. The normalized spacial score (nSPS) is 17.0. The number of amides is 3. The Morgan fingerprint density at radius 2 is 1.57 bits per heavy atom. The zero-order chi connectivity index (χ0) is 27.9. The standard InChI is InChI=1S/C30H49N3O4/c1-10-22(6)25(32-29(36)37-30(7,8)9)28(35)33(19(2)3)26(23-17-20(4)16-21(5)18-23)27(34)31-24-14-12-11-13-15-24/h16-19,22,24-26H,10-15H2,1-9H3,(H,31,34)(H,32,36). The molecule has 0 radical (unpaired) electrons. The van der Waals surface area contributed by atoms with Gasteiger partial charge in [-0.2, -0.15) is 0 Å². The zero-order valence-electron chi connectivity index (χ0n) is 24.4. The van der Waals surface area contributed by atoms with E-state index in [0.717, 1.165) is 42.4 Å². The van der Waals surface area contributed by atoms with Crippen LogP contribution in [0.25, 0.3) is 0 Å². The maximum absolute atomic E-state index is 14.2. The molecular formula is C30H49N3O4. The van der Waals surface area contributed by atoms with E-state index in [-0.39, 0.29) is 29.8 Å². The maximum Gasteiger partial charge on any atom is 0.408 e. The van der Waals surface area contributed by atoms with Gasteiger partial charge in [0, 0.05) is 12.1 Å². The molecule has 0 bridgehead atoms. The molecule has 1 aliphatic carbocycles. The number of carbonyl (C=O) groups excluding carboxylic acids is 3. The topological polar surface area (TPSA) is 87.7 Å². The lowest BCUT2D eigenvalue weighted by molar-refractivity contribution is -0.146. The molecule has 1 aliphatic rings. The van der Waals surface area contributed by atoms with Crippen LogP contribution in [0, 0.1) is 19.8 Å². The third-order valence-corrected chi connectivity index (χ3v) is 7.00. The summed E-state index contributed by atoms with van der Waals surface area (Å²) in [6.07, 6.45) is 5.35. The molecule has 7 heteroatoms. The molecule has 37 heavy (non-hydrogen) atoms. The first kappa shape index (κ1) is 30.7. The Bertz CT molecular complexity index is 911. The van der Waals surface area contributed by atoms with Crippen molar-refractivity contribution in [1.82, 2.24) is 15.5 Å². The predicted octanol–water partition coefficient (Wildman–Crippen LogP) is 5.97. The number of alkyl carbamates (subject to hydrolysis) is 1. The van der Waals surface area contributed by atoms with E-state index in [1.807, 2.05) is 53.7 Å². The van der Waals surface area contributed by atoms with Gasteiger partial charge in [-0.05, 0) is 72.8 Å². The highest BCUT2D eigenvalue weighted by atomic mass is 16.6. The molecule has 1 aromatic rings. The van der Waals surface area contributed by atoms with Crippen molar-refractivity contribution < 1.29 is 19.1 Å². The van der Waals surface area contributed by atoms with Crippen molar-refractivity contribution in [3.63, 3.8) is 0 Å². The fourth-order valence-corrected chi connectivity index (χ4v) is 5.09. The van der Waals surface area contributed by atoms with E-state index in [2.05, 4.69) is 16.7 Å². The highest BCUT2D eigenvalue weighted by Crippen LogP contribution is 2.29. The third kappa shape index (κ3) is 9.04. The zero-order valence-corrected chi connectivity index (χ0v) is 24.4. The number of nitrogens with zero attached hydrogens (tertiary/aromatic N) is 1. The van der Waals surface area contributed by atoms with Gasteiger partial charge in [-0.25, -0.2) is 4.79 Å². The van der Waals surface area contributed by atoms with Crippen LogP contribution in [-0.4, -0.2) is 46.5 Å². The van der Waals surface area contributed by atoms with Crippen molar-refractivity contribution in [3.8, 4) is 0 Å². The SMILES string of the molecule is CCC(C)C(NC(=O)OC(C)(C)C)C(=O)N(C(C)C)C(C(=O)NC1CCCCC1)c1cc(C)cc(C)c1. The molecule has 7 nitrogen and oxygen atoms in total. The number of hydrogen-bond donors (Lipinski definition) is 2. The van der Waals surface area contributed by atoms with E-state index >= 15 is 0 Å². The van der Waals surface area contributed by atoms with Crippen LogP contribution in [0.1, 0.15) is 110 Å². The van der Waals surface area contributed by atoms with Crippen molar-refractivity contribution in [2.24, 2.45) is 5.92 Å². The van der Waals surface area contributed by atoms with Gasteiger partial charge in [-0.1, -0.05) is 68.9 Å². The number of carbonyl (C=O) groups is 3. The van der Waals surface area contributed by atoms with Crippen LogP contribution >= 0.6 is 0 Å². The van der Waals surface area contributed by atoms with Crippen molar-refractivity contribution in [3.05, 3.63) is 34.9 Å². The molecule has 2 N–H and O–H groups in total. The van der Waals surface area contributed by atoms with Gasteiger partial charge in [0.2, 0.25) is 11.8 Å². The first-order valence-corrected chi connectivity index (χ1v) is 13.9. The molecule has 1 fully saturated rings. The molecule has 3 unspecified atom stereocenters. The summed E-state index contributed by atoms with van der Waals surface area (Å²) in [6.45, 7) is 17.1. The molecule has 0 aromatic heterocycles. The van der Waals surface area contributed by atoms with E-state index in [4.69, 9.17) is 4.74 Å². The van der Waals surface area contributed by atoms with Gasteiger partial charge in [0.25, 0.3) is 0 Å². The van der Waals surface area contributed by atoms with E-state index in [1.54, 1.807) is 25.7 Å². The van der Waals surface area contributed by atoms with Gasteiger partial charge in [-0.3, -0.25) is 9.59 Å². The number of aryl methyl sites for hydroxylation is 2. The van der Waals surface area contributed by atoms with Crippen LogP contribution in [0.4, 0.5) is 4.79 Å². The summed E-state index contributed by atoms with van der Waals surface area (Å²) < 4.78 is 5.48. The van der Waals surface area contributed by atoms with E-state index < -0.39 is 23.8 Å². The maximum atomic E-state index is 14.2. The van der Waals surface area contributed by atoms with Crippen LogP contribution in [-0.2, 0) is 14.3 Å². The average molecular weight is 516 g/mol. The van der Waals surface area contributed by atoms with Crippen molar-refractivity contribution >= 4 is 17.9 Å². The minimum Gasteiger partial charge on any atom is -0.444 e. The smallest absolute Gasteiger partial charge is 0.408 e. The van der Waals surface area contributed by atoms with Crippen LogP contribution < -0.4 is 10.6 Å². The molecule has 0 saturated heterocycles. The molecule has 0 spiro atoms. The molecule has 2 rings (SSSR count). The van der Waals surface area contributed by atoms with Crippen LogP contribution in [0.3, 0.4) is 0 Å². The van der Waals surface area contributed by atoms with E-state index in [1.165, 1.54) is 6.42 Å². The number of benzene rings is 1. The van der Waals surface area contributed by atoms with Gasteiger partial charge in [-0.15, -0.1) is 0 Å². The quantitative estimate of drug-likeness (QED) is 0.424. The summed E-state index contributed by atoms with van der Waals surface area (Å²) in [7, 11) is 0. The van der Waals surface area contributed by atoms with Gasteiger partial charge in [0.1, 0.15) is 17.7 Å². The minimum atomic E-state index is -0.821. The van der Waals surface area contributed by atoms with Crippen molar-refractivity contribution in [2.75, 3.05) is 0 Å². The first-order valence-electron chi connectivity index (χ1n) is 13.9. The third-order valence-electron chi connectivity index (χ3n) is 7.00. The second kappa shape index (κ2) is 13.3. The molecule has 208 valence electrons.